The number of benzene rings is 1. The Morgan fingerprint density at radius 1 is 1.32 bits per heavy atom. The molecule has 0 radical (unpaired) electrons. The summed E-state index contributed by atoms with van der Waals surface area (Å²) in [6.07, 6.45) is 2.47. The first-order valence-electron chi connectivity index (χ1n) is 8.70. The van der Waals surface area contributed by atoms with Gasteiger partial charge in [0.15, 0.2) is 5.96 Å². The van der Waals surface area contributed by atoms with E-state index in [1.54, 1.807) is 12.1 Å². The van der Waals surface area contributed by atoms with Crippen LogP contribution < -0.4 is 10.6 Å². The maximum absolute atomic E-state index is 12.0. The molecule has 1 unspecified atom stereocenters. The van der Waals surface area contributed by atoms with Gasteiger partial charge in [0.05, 0.1) is 6.54 Å². The van der Waals surface area contributed by atoms with Crippen LogP contribution in [0.3, 0.4) is 0 Å². The number of phenols is 1. The van der Waals surface area contributed by atoms with Crippen molar-refractivity contribution < 1.29 is 9.90 Å². The molecule has 6 nitrogen and oxygen atoms in total. The van der Waals surface area contributed by atoms with E-state index >= 15 is 0 Å². The van der Waals surface area contributed by atoms with Gasteiger partial charge in [-0.05, 0) is 49.9 Å². The first kappa shape index (κ1) is 21.5. The van der Waals surface area contributed by atoms with Crippen LogP contribution in [-0.4, -0.2) is 54.6 Å². The van der Waals surface area contributed by atoms with E-state index < -0.39 is 0 Å². The minimum Gasteiger partial charge on any atom is -0.508 e. The van der Waals surface area contributed by atoms with Crippen molar-refractivity contribution >= 4 is 35.8 Å². The van der Waals surface area contributed by atoms with Gasteiger partial charge < -0.3 is 20.6 Å². The number of piperidine rings is 1. The number of carbonyl (C=O) groups is 1. The fourth-order valence-corrected chi connectivity index (χ4v) is 2.85. The Kier molecular flexibility index (Phi) is 9.62. The Morgan fingerprint density at radius 3 is 2.68 bits per heavy atom. The quantitative estimate of drug-likeness (QED) is 0.273. The number of nitrogens with zero attached hydrogens (tertiary/aromatic N) is 2. The molecule has 1 aliphatic heterocycles. The van der Waals surface area contributed by atoms with Crippen molar-refractivity contribution in [1.82, 2.24) is 15.5 Å². The van der Waals surface area contributed by atoms with Crippen LogP contribution in [0.1, 0.15) is 37.0 Å². The predicted molar refractivity (Wildman–Crippen MR) is 112 cm³/mol. The molecule has 0 saturated carbocycles. The van der Waals surface area contributed by atoms with Crippen molar-refractivity contribution in [2.24, 2.45) is 10.9 Å². The molecular formula is C18H29IN4O2. The summed E-state index contributed by atoms with van der Waals surface area (Å²) < 4.78 is 0. The number of rotatable bonds is 5. The monoisotopic (exact) mass is 460 g/mol. The Labute approximate surface area is 167 Å². The van der Waals surface area contributed by atoms with Gasteiger partial charge in [-0.2, -0.15) is 0 Å². The molecule has 3 N–H and O–H groups in total. The summed E-state index contributed by atoms with van der Waals surface area (Å²) in [4.78, 5) is 18.9. The molecule has 1 saturated heterocycles. The second-order valence-corrected chi connectivity index (χ2v) is 6.23. The zero-order chi connectivity index (χ0) is 17.4. The van der Waals surface area contributed by atoms with Gasteiger partial charge in [-0.1, -0.05) is 6.92 Å². The number of halogens is 1. The molecule has 25 heavy (non-hydrogen) atoms. The lowest BCUT2D eigenvalue weighted by molar-refractivity contribution is 0.0955. The number of carbonyl (C=O) groups excluding carboxylic acids is 1. The minimum atomic E-state index is -0.151. The molecule has 0 aromatic heterocycles. The van der Waals surface area contributed by atoms with E-state index in [1.807, 2.05) is 0 Å². The predicted octanol–water partition coefficient (Wildman–Crippen LogP) is 2.44. The van der Waals surface area contributed by atoms with Crippen molar-refractivity contribution in [3.63, 3.8) is 0 Å². The van der Waals surface area contributed by atoms with Gasteiger partial charge in [0, 0.05) is 31.7 Å². The number of guanidine groups is 1. The highest BCUT2D eigenvalue weighted by Gasteiger charge is 2.18. The van der Waals surface area contributed by atoms with Gasteiger partial charge in [0.2, 0.25) is 0 Å². The summed E-state index contributed by atoms with van der Waals surface area (Å²) in [5.41, 5.74) is 0.536. The number of amides is 1. The number of likely N-dealkylation sites (tertiary alicyclic amines) is 1. The summed E-state index contributed by atoms with van der Waals surface area (Å²) in [5.74, 6) is 1.63. The Bertz CT molecular complexity index is 563. The van der Waals surface area contributed by atoms with E-state index in [9.17, 15) is 9.90 Å². The third-order valence-corrected chi connectivity index (χ3v) is 4.08. The maximum atomic E-state index is 12.0. The minimum absolute atomic E-state index is 0. The van der Waals surface area contributed by atoms with Crippen molar-refractivity contribution in [1.29, 1.82) is 0 Å². The van der Waals surface area contributed by atoms with Gasteiger partial charge in [0.25, 0.3) is 5.91 Å². The molecular weight excluding hydrogens is 431 g/mol. The second kappa shape index (κ2) is 11.2. The van der Waals surface area contributed by atoms with Gasteiger partial charge in [0.1, 0.15) is 5.75 Å². The lowest BCUT2D eigenvalue weighted by atomic mass is 10.0. The molecule has 140 valence electrons. The highest BCUT2D eigenvalue weighted by molar-refractivity contribution is 14.0. The van der Waals surface area contributed by atoms with Crippen molar-refractivity contribution in [2.45, 2.75) is 26.7 Å². The Morgan fingerprint density at radius 2 is 2.04 bits per heavy atom. The van der Waals surface area contributed by atoms with E-state index in [1.165, 1.54) is 25.0 Å². The average Bonchev–Trinajstić information content (AvgIpc) is 2.58. The highest BCUT2D eigenvalue weighted by atomic mass is 127. The first-order valence-corrected chi connectivity index (χ1v) is 8.70. The molecule has 1 aliphatic rings. The smallest absolute Gasteiger partial charge is 0.251 e. The van der Waals surface area contributed by atoms with Gasteiger partial charge in [-0.25, -0.2) is 0 Å². The van der Waals surface area contributed by atoms with Crippen molar-refractivity contribution in [3.05, 3.63) is 29.8 Å². The third-order valence-electron chi connectivity index (χ3n) is 4.08. The molecule has 0 spiro atoms. The fourth-order valence-electron chi connectivity index (χ4n) is 2.85. The van der Waals surface area contributed by atoms with Crippen LogP contribution in [-0.2, 0) is 0 Å². The summed E-state index contributed by atoms with van der Waals surface area (Å²) >= 11 is 0. The lowest BCUT2D eigenvalue weighted by Gasteiger charge is -2.33. The van der Waals surface area contributed by atoms with Gasteiger partial charge in [-0.3, -0.25) is 9.79 Å². The number of nitrogens with one attached hydrogen (secondary N) is 2. The third kappa shape index (κ3) is 7.09. The van der Waals surface area contributed by atoms with Crippen LogP contribution in [0.2, 0.25) is 0 Å². The van der Waals surface area contributed by atoms with E-state index in [-0.39, 0.29) is 35.6 Å². The van der Waals surface area contributed by atoms with Crippen LogP contribution in [0.4, 0.5) is 0 Å². The summed E-state index contributed by atoms with van der Waals surface area (Å²) in [5, 5.41) is 15.4. The largest absolute Gasteiger partial charge is 0.508 e. The summed E-state index contributed by atoms with van der Waals surface area (Å²) in [6, 6.07) is 6.22. The molecule has 2 rings (SSSR count). The van der Waals surface area contributed by atoms with Crippen LogP contribution in [0.5, 0.6) is 5.75 Å². The van der Waals surface area contributed by atoms with Gasteiger partial charge in [-0.15, -0.1) is 24.0 Å². The average molecular weight is 460 g/mol. The Hall–Kier alpha value is -1.51. The lowest BCUT2D eigenvalue weighted by Crippen LogP contribution is -2.46. The molecule has 0 aliphatic carbocycles. The summed E-state index contributed by atoms with van der Waals surface area (Å²) in [6.45, 7) is 8.27. The first-order chi connectivity index (χ1) is 11.6. The molecule has 0 bridgehead atoms. The fraction of sp³-hybridized carbons (Fsp3) is 0.556. The molecule has 1 heterocycles. The van der Waals surface area contributed by atoms with E-state index in [0.717, 1.165) is 25.6 Å². The van der Waals surface area contributed by atoms with Crippen LogP contribution in [0, 0.1) is 5.92 Å². The van der Waals surface area contributed by atoms with Crippen molar-refractivity contribution in [2.75, 3.05) is 32.7 Å². The normalized spacial score (nSPS) is 17.6. The molecule has 1 aromatic carbocycles. The highest BCUT2D eigenvalue weighted by Crippen LogP contribution is 2.15. The summed E-state index contributed by atoms with van der Waals surface area (Å²) in [7, 11) is 0. The molecule has 1 aromatic rings. The van der Waals surface area contributed by atoms with Crippen LogP contribution >= 0.6 is 24.0 Å². The molecule has 1 amide bonds. The SMILES string of the molecule is CCNC(=NCCNC(=O)c1ccc(O)cc1)N1CCCC(C)C1.I. The van der Waals surface area contributed by atoms with Gasteiger partial charge >= 0.3 is 0 Å². The standard InChI is InChI=1S/C18H28N4O2.HI/c1-3-19-18(22-12-4-5-14(2)13-22)21-11-10-20-17(24)15-6-8-16(23)9-7-15;/h6-9,14,23H,3-5,10-13H2,1-2H3,(H,19,21)(H,20,24);1H. The number of phenolic OH excluding ortho intramolecular Hbond substituents is 1. The maximum Gasteiger partial charge on any atom is 0.251 e. The van der Waals surface area contributed by atoms with E-state index in [2.05, 4.69) is 34.4 Å². The zero-order valence-electron chi connectivity index (χ0n) is 15.0. The van der Waals surface area contributed by atoms with Crippen LogP contribution in [0.15, 0.2) is 29.3 Å². The zero-order valence-corrected chi connectivity index (χ0v) is 17.3. The second-order valence-electron chi connectivity index (χ2n) is 6.23. The number of aromatic hydroxyl groups is 1. The number of hydrogen-bond acceptors (Lipinski definition) is 3. The Balaban J connectivity index is 0.00000312. The van der Waals surface area contributed by atoms with Crippen LogP contribution in [0.25, 0.3) is 0 Å². The number of aliphatic imine (C=N–C) groups is 1. The van der Waals surface area contributed by atoms with E-state index in [4.69, 9.17) is 0 Å². The number of hydrogen-bond donors (Lipinski definition) is 3. The molecule has 1 fully saturated rings. The molecule has 7 heteroatoms. The molecule has 1 atom stereocenters. The topological polar surface area (TPSA) is 77.0 Å². The van der Waals surface area contributed by atoms with E-state index in [0.29, 0.717) is 24.6 Å². The van der Waals surface area contributed by atoms with Crippen molar-refractivity contribution in [3.8, 4) is 5.75 Å².